The molecule has 2 N–H and O–H groups in total. The second-order valence-corrected chi connectivity index (χ2v) is 5.71. The molecule has 0 radical (unpaired) electrons. The molecule has 0 saturated heterocycles. The van der Waals surface area contributed by atoms with Gasteiger partial charge in [-0.15, -0.1) is 0 Å². The number of nitrogens with one attached hydrogen (secondary N) is 2. The first-order chi connectivity index (χ1) is 12.1. The number of anilines is 1. The Morgan fingerprint density at radius 3 is 3.00 bits per heavy atom. The van der Waals surface area contributed by atoms with Crippen molar-refractivity contribution in [3.63, 3.8) is 0 Å². The zero-order chi connectivity index (χ0) is 17.6. The van der Waals surface area contributed by atoms with Crippen LogP contribution < -0.4 is 5.32 Å². The average Bonchev–Trinajstić information content (AvgIpc) is 3.24. The maximum absolute atomic E-state index is 14.8. The third-order valence-corrected chi connectivity index (χ3v) is 4.32. The van der Waals surface area contributed by atoms with Crippen molar-refractivity contribution in [1.82, 2.24) is 24.8 Å². The number of amides is 1. The van der Waals surface area contributed by atoms with Crippen molar-refractivity contribution in [2.75, 3.05) is 5.32 Å². The van der Waals surface area contributed by atoms with Gasteiger partial charge in [0, 0.05) is 16.5 Å². The van der Waals surface area contributed by atoms with Gasteiger partial charge in [-0.25, -0.2) is 13.9 Å². The molecule has 0 saturated carbocycles. The molecule has 0 aliphatic heterocycles. The lowest BCUT2D eigenvalue weighted by Crippen LogP contribution is -2.01. The summed E-state index contributed by atoms with van der Waals surface area (Å²) in [5.74, 6) is 0.156. The van der Waals surface area contributed by atoms with Gasteiger partial charge in [0.05, 0.1) is 23.6 Å². The van der Waals surface area contributed by atoms with Crippen LogP contribution in [0.2, 0.25) is 0 Å². The van der Waals surface area contributed by atoms with E-state index in [1.165, 1.54) is 0 Å². The number of halogens is 1. The quantitative estimate of drug-likeness (QED) is 0.560. The van der Waals surface area contributed by atoms with E-state index in [-0.39, 0.29) is 5.82 Å². The van der Waals surface area contributed by atoms with Gasteiger partial charge in [-0.2, -0.15) is 10.2 Å². The molecule has 0 bridgehead atoms. The maximum Gasteiger partial charge on any atom is 0.212 e. The summed E-state index contributed by atoms with van der Waals surface area (Å²) in [5, 5.41) is 14.8. The van der Waals surface area contributed by atoms with Crippen LogP contribution in [-0.4, -0.2) is 31.2 Å². The highest BCUT2D eigenvalue weighted by Crippen LogP contribution is 2.35. The second kappa shape index (κ2) is 5.66. The van der Waals surface area contributed by atoms with E-state index in [0.717, 1.165) is 10.9 Å². The molecule has 0 atom stereocenters. The van der Waals surface area contributed by atoms with Crippen molar-refractivity contribution in [3.8, 4) is 11.3 Å². The standard InChI is InChI=1S/C17H15FN6O/c1-3-10-15(11-6-20-22-17(11)9(2)16(10)18)12-4-5-14-21-13(19-8-25)7-24(14)23-12/h4-8H,3H2,1-2H3,(H,19,25)(H,20,22). The van der Waals surface area contributed by atoms with Gasteiger partial charge < -0.3 is 5.32 Å². The van der Waals surface area contributed by atoms with Crippen LogP contribution in [0.3, 0.4) is 0 Å². The maximum atomic E-state index is 14.8. The van der Waals surface area contributed by atoms with E-state index in [9.17, 15) is 9.18 Å². The van der Waals surface area contributed by atoms with E-state index < -0.39 is 0 Å². The van der Waals surface area contributed by atoms with Crippen molar-refractivity contribution in [2.24, 2.45) is 0 Å². The Kier molecular flexibility index (Phi) is 3.45. The Morgan fingerprint density at radius 1 is 1.40 bits per heavy atom. The van der Waals surface area contributed by atoms with Gasteiger partial charge in [-0.1, -0.05) is 6.92 Å². The minimum absolute atomic E-state index is 0.245. The Morgan fingerprint density at radius 2 is 2.24 bits per heavy atom. The molecule has 0 spiro atoms. The van der Waals surface area contributed by atoms with E-state index in [2.05, 4.69) is 25.6 Å². The lowest BCUT2D eigenvalue weighted by Gasteiger charge is -2.13. The lowest BCUT2D eigenvalue weighted by atomic mass is 9.95. The highest BCUT2D eigenvalue weighted by molar-refractivity contribution is 5.97. The molecule has 1 aromatic carbocycles. The summed E-state index contributed by atoms with van der Waals surface area (Å²) in [6.07, 6.45) is 4.39. The first kappa shape index (κ1) is 15.3. The second-order valence-electron chi connectivity index (χ2n) is 5.71. The van der Waals surface area contributed by atoms with Crippen LogP contribution in [0.4, 0.5) is 10.2 Å². The molecule has 7 nitrogen and oxygen atoms in total. The third kappa shape index (κ3) is 2.25. The predicted molar refractivity (Wildman–Crippen MR) is 91.8 cm³/mol. The number of benzene rings is 1. The summed E-state index contributed by atoms with van der Waals surface area (Å²) in [5.41, 5.74) is 3.74. The van der Waals surface area contributed by atoms with Crippen LogP contribution in [0.25, 0.3) is 27.8 Å². The molecule has 0 aliphatic carbocycles. The number of imidazole rings is 1. The van der Waals surface area contributed by atoms with Crippen molar-refractivity contribution in [2.45, 2.75) is 20.3 Å². The number of carbonyl (C=O) groups is 1. The SMILES string of the molecule is CCc1c(F)c(C)c2[nH]ncc2c1-c1ccc2nc(NC=O)cn2n1. The van der Waals surface area contributed by atoms with E-state index in [1.54, 1.807) is 36.0 Å². The van der Waals surface area contributed by atoms with E-state index >= 15 is 0 Å². The fourth-order valence-electron chi connectivity index (χ4n) is 3.14. The van der Waals surface area contributed by atoms with Crippen molar-refractivity contribution >= 4 is 28.8 Å². The number of aromatic nitrogens is 5. The fourth-order valence-corrected chi connectivity index (χ4v) is 3.14. The molecule has 0 aliphatic rings. The number of rotatable bonds is 4. The normalized spacial score (nSPS) is 11.3. The number of aromatic amines is 1. The first-order valence-electron chi connectivity index (χ1n) is 7.85. The molecule has 3 aromatic heterocycles. The van der Waals surface area contributed by atoms with Gasteiger partial charge in [-0.3, -0.25) is 9.89 Å². The monoisotopic (exact) mass is 338 g/mol. The molecule has 0 fully saturated rings. The molecule has 126 valence electrons. The highest BCUT2D eigenvalue weighted by atomic mass is 19.1. The number of hydrogen-bond acceptors (Lipinski definition) is 4. The van der Waals surface area contributed by atoms with Crippen molar-refractivity contribution < 1.29 is 9.18 Å². The molecule has 0 unspecified atom stereocenters. The van der Waals surface area contributed by atoms with Crippen LogP contribution in [0, 0.1) is 12.7 Å². The Labute approximate surface area is 141 Å². The number of hydrogen-bond donors (Lipinski definition) is 2. The molecular formula is C17H15FN6O. The number of fused-ring (bicyclic) bond motifs is 2. The molecule has 1 amide bonds. The smallest absolute Gasteiger partial charge is 0.212 e. The van der Waals surface area contributed by atoms with Crippen LogP contribution in [0.1, 0.15) is 18.1 Å². The van der Waals surface area contributed by atoms with Gasteiger partial charge in [0.15, 0.2) is 11.5 Å². The zero-order valence-corrected chi connectivity index (χ0v) is 13.7. The van der Waals surface area contributed by atoms with Gasteiger partial charge >= 0.3 is 0 Å². The van der Waals surface area contributed by atoms with Gasteiger partial charge in [0.1, 0.15) is 5.82 Å². The number of carbonyl (C=O) groups excluding carboxylic acids is 1. The van der Waals surface area contributed by atoms with E-state index in [1.807, 2.05) is 6.92 Å². The molecule has 4 rings (SSSR count). The Bertz CT molecular complexity index is 1110. The predicted octanol–water partition coefficient (Wildman–Crippen LogP) is 2.85. The van der Waals surface area contributed by atoms with Crippen LogP contribution >= 0.6 is 0 Å². The van der Waals surface area contributed by atoms with E-state index in [4.69, 9.17) is 0 Å². The molecular weight excluding hydrogens is 323 g/mol. The van der Waals surface area contributed by atoms with Crippen LogP contribution in [-0.2, 0) is 11.2 Å². The summed E-state index contributed by atoms with van der Waals surface area (Å²) in [7, 11) is 0. The summed E-state index contributed by atoms with van der Waals surface area (Å²) < 4.78 is 16.4. The molecule has 3 heterocycles. The lowest BCUT2D eigenvalue weighted by molar-refractivity contribution is -0.105. The molecule has 8 heteroatoms. The average molecular weight is 338 g/mol. The Balaban J connectivity index is 2.00. The minimum Gasteiger partial charge on any atom is -0.312 e. The minimum atomic E-state index is -0.245. The third-order valence-electron chi connectivity index (χ3n) is 4.32. The largest absolute Gasteiger partial charge is 0.312 e. The highest BCUT2D eigenvalue weighted by Gasteiger charge is 2.20. The fraction of sp³-hybridized carbons (Fsp3) is 0.176. The number of nitrogens with zero attached hydrogens (tertiary/aromatic N) is 4. The number of aryl methyl sites for hydroxylation is 1. The van der Waals surface area contributed by atoms with Gasteiger partial charge in [0.2, 0.25) is 6.41 Å². The van der Waals surface area contributed by atoms with Gasteiger partial charge in [0.25, 0.3) is 0 Å². The summed E-state index contributed by atoms with van der Waals surface area (Å²) in [6, 6.07) is 3.57. The van der Waals surface area contributed by atoms with Crippen LogP contribution in [0.5, 0.6) is 0 Å². The summed E-state index contributed by atoms with van der Waals surface area (Å²) in [4.78, 5) is 14.8. The molecule has 25 heavy (non-hydrogen) atoms. The topological polar surface area (TPSA) is 88.0 Å². The molecule has 4 aromatic rings. The van der Waals surface area contributed by atoms with Crippen molar-refractivity contribution in [1.29, 1.82) is 0 Å². The van der Waals surface area contributed by atoms with Gasteiger partial charge in [-0.05, 0) is 31.0 Å². The summed E-state index contributed by atoms with van der Waals surface area (Å²) in [6.45, 7) is 3.65. The number of H-pyrrole nitrogens is 1. The van der Waals surface area contributed by atoms with Crippen LogP contribution in [0.15, 0.2) is 24.5 Å². The first-order valence-corrected chi connectivity index (χ1v) is 7.85. The Hall–Kier alpha value is -3.29. The van der Waals surface area contributed by atoms with Crippen molar-refractivity contribution in [3.05, 3.63) is 41.5 Å². The van der Waals surface area contributed by atoms with E-state index in [0.29, 0.717) is 46.6 Å². The summed E-state index contributed by atoms with van der Waals surface area (Å²) >= 11 is 0. The zero-order valence-electron chi connectivity index (χ0n) is 13.7.